The lowest BCUT2D eigenvalue weighted by molar-refractivity contribution is 0.0919. The zero-order valence-electron chi connectivity index (χ0n) is 10.6. The fraction of sp³-hybridized carbons (Fsp3) is 0.429. The minimum Gasteiger partial charge on any atom is -0.346 e. The van der Waals surface area contributed by atoms with Crippen LogP contribution in [0.5, 0.6) is 0 Å². The molecule has 3 atom stereocenters. The lowest BCUT2D eigenvalue weighted by Crippen LogP contribution is -2.43. The van der Waals surface area contributed by atoms with E-state index < -0.39 is 0 Å². The zero-order chi connectivity index (χ0) is 12.8. The minimum absolute atomic E-state index is 0.0608. The molecule has 0 saturated carbocycles. The summed E-state index contributed by atoms with van der Waals surface area (Å²) in [5.41, 5.74) is 1.49. The summed E-state index contributed by atoms with van der Waals surface area (Å²) in [5.74, 6) is 0.564. The highest BCUT2D eigenvalue weighted by Gasteiger charge is 2.38. The molecule has 2 aromatic heterocycles. The second-order valence-corrected chi connectivity index (χ2v) is 5.50. The van der Waals surface area contributed by atoms with Crippen LogP contribution in [-0.2, 0) is 0 Å². The molecule has 4 heterocycles. The largest absolute Gasteiger partial charge is 0.346 e. The summed E-state index contributed by atoms with van der Waals surface area (Å²) in [7, 11) is 0. The number of piperidine rings is 1. The van der Waals surface area contributed by atoms with Crippen LogP contribution in [0.1, 0.15) is 16.9 Å². The number of amides is 1. The highest BCUT2D eigenvalue weighted by Crippen LogP contribution is 2.27. The first-order valence-electron chi connectivity index (χ1n) is 6.75. The molecule has 0 aliphatic carbocycles. The van der Waals surface area contributed by atoms with Gasteiger partial charge in [-0.1, -0.05) is 0 Å². The smallest absolute Gasteiger partial charge is 0.271 e. The Hall–Kier alpha value is -1.88. The van der Waals surface area contributed by atoms with Crippen LogP contribution in [0.4, 0.5) is 0 Å². The number of nitrogens with one attached hydrogen (secondary N) is 1. The maximum atomic E-state index is 12.2. The number of fused-ring (bicyclic) bond motifs is 3. The molecule has 0 radical (unpaired) electrons. The third kappa shape index (κ3) is 1.81. The number of hydrogen-bond acceptors (Lipinski definition) is 3. The number of hydrogen-bond donors (Lipinski definition) is 1. The normalized spacial score (nSPS) is 28.9. The summed E-state index contributed by atoms with van der Waals surface area (Å²) in [5, 5.41) is 3.13. The summed E-state index contributed by atoms with van der Waals surface area (Å²) in [6.45, 7) is 3.31. The van der Waals surface area contributed by atoms with Crippen LogP contribution in [-0.4, -0.2) is 45.9 Å². The highest BCUT2D eigenvalue weighted by molar-refractivity contribution is 5.92. The number of nitrogens with zero attached hydrogens (tertiary/aromatic N) is 3. The zero-order valence-corrected chi connectivity index (χ0v) is 10.6. The van der Waals surface area contributed by atoms with E-state index in [1.54, 1.807) is 12.4 Å². The number of aromatic nitrogens is 2. The quantitative estimate of drug-likeness (QED) is 0.863. The fourth-order valence-electron chi connectivity index (χ4n) is 3.24. The Balaban J connectivity index is 1.53. The Morgan fingerprint density at radius 3 is 3.16 bits per heavy atom. The second kappa shape index (κ2) is 4.06. The fourth-order valence-corrected chi connectivity index (χ4v) is 3.24. The lowest BCUT2D eigenvalue weighted by atomic mass is 10.00. The van der Waals surface area contributed by atoms with Crippen molar-refractivity contribution >= 4 is 11.4 Å². The molecular weight excluding hydrogens is 240 g/mol. The molecule has 2 bridgehead atoms. The van der Waals surface area contributed by atoms with Gasteiger partial charge in [0.2, 0.25) is 0 Å². The van der Waals surface area contributed by atoms with Crippen molar-refractivity contribution in [2.75, 3.05) is 19.6 Å². The van der Waals surface area contributed by atoms with Gasteiger partial charge in [-0.15, -0.1) is 0 Å². The molecule has 19 heavy (non-hydrogen) atoms. The number of rotatable bonds is 2. The maximum absolute atomic E-state index is 12.2. The molecule has 5 nitrogen and oxygen atoms in total. The van der Waals surface area contributed by atoms with Crippen LogP contribution in [0, 0.1) is 5.92 Å². The van der Waals surface area contributed by atoms with Crippen molar-refractivity contribution in [2.24, 2.45) is 5.92 Å². The van der Waals surface area contributed by atoms with Gasteiger partial charge in [-0.3, -0.25) is 4.79 Å². The SMILES string of the molecule is O=C(N[C@H]1CN2CC[C@@H]1C2)c1cn2cccc2cn1. The molecule has 98 valence electrons. The molecule has 2 aliphatic heterocycles. The van der Waals surface area contributed by atoms with E-state index in [-0.39, 0.29) is 5.91 Å². The molecule has 1 unspecified atom stereocenters. The van der Waals surface area contributed by atoms with E-state index in [1.165, 1.54) is 13.0 Å². The van der Waals surface area contributed by atoms with Gasteiger partial charge in [-0.2, -0.15) is 0 Å². The van der Waals surface area contributed by atoms with Gasteiger partial charge in [-0.25, -0.2) is 4.98 Å². The predicted molar refractivity (Wildman–Crippen MR) is 71.0 cm³/mol. The van der Waals surface area contributed by atoms with Gasteiger partial charge < -0.3 is 14.6 Å². The van der Waals surface area contributed by atoms with E-state index in [0.717, 1.165) is 18.6 Å². The van der Waals surface area contributed by atoms with Crippen LogP contribution < -0.4 is 5.32 Å². The Bertz CT molecular complexity index is 635. The van der Waals surface area contributed by atoms with Crippen molar-refractivity contribution in [3.05, 3.63) is 36.4 Å². The van der Waals surface area contributed by atoms with E-state index in [0.29, 0.717) is 17.7 Å². The highest BCUT2D eigenvalue weighted by atomic mass is 16.2. The van der Waals surface area contributed by atoms with E-state index in [4.69, 9.17) is 0 Å². The van der Waals surface area contributed by atoms with Crippen molar-refractivity contribution in [1.29, 1.82) is 0 Å². The lowest BCUT2D eigenvalue weighted by Gasteiger charge is -2.22. The van der Waals surface area contributed by atoms with Gasteiger partial charge >= 0.3 is 0 Å². The van der Waals surface area contributed by atoms with Crippen LogP contribution >= 0.6 is 0 Å². The predicted octanol–water partition coefficient (Wildman–Crippen LogP) is 0.768. The van der Waals surface area contributed by atoms with Crippen LogP contribution in [0.2, 0.25) is 0 Å². The molecule has 0 aromatic carbocycles. The molecule has 0 spiro atoms. The minimum atomic E-state index is -0.0608. The Morgan fingerprint density at radius 2 is 2.37 bits per heavy atom. The van der Waals surface area contributed by atoms with E-state index >= 15 is 0 Å². The molecule has 2 fully saturated rings. The van der Waals surface area contributed by atoms with Crippen molar-refractivity contribution < 1.29 is 4.79 Å². The molecular formula is C14H16N4O. The standard InChI is InChI=1S/C14H16N4O/c19-14(16-12-8-17-5-3-10(12)7-17)13-9-18-4-1-2-11(18)6-15-13/h1-2,4,6,9-10,12H,3,5,7-8H2,(H,16,19)/t10-,12+/m1/s1. The molecule has 5 heteroatoms. The first-order chi connectivity index (χ1) is 9.29. The van der Waals surface area contributed by atoms with Gasteiger partial charge in [0.1, 0.15) is 5.69 Å². The van der Waals surface area contributed by atoms with Crippen molar-refractivity contribution in [3.8, 4) is 0 Å². The first kappa shape index (κ1) is 11.0. The van der Waals surface area contributed by atoms with E-state index in [1.807, 2.05) is 22.7 Å². The van der Waals surface area contributed by atoms with Crippen molar-refractivity contribution in [2.45, 2.75) is 12.5 Å². The van der Waals surface area contributed by atoms with Gasteiger partial charge in [0.05, 0.1) is 11.7 Å². The second-order valence-electron chi connectivity index (χ2n) is 5.50. The van der Waals surface area contributed by atoms with E-state index in [9.17, 15) is 4.79 Å². The van der Waals surface area contributed by atoms with Crippen LogP contribution in [0.15, 0.2) is 30.7 Å². The third-order valence-electron chi connectivity index (χ3n) is 4.29. The first-order valence-corrected chi connectivity index (χ1v) is 6.75. The molecule has 4 rings (SSSR count). The van der Waals surface area contributed by atoms with Crippen LogP contribution in [0.25, 0.3) is 5.52 Å². The maximum Gasteiger partial charge on any atom is 0.271 e. The van der Waals surface area contributed by atoms with Gasteiger partial charge in [0.25, 0.3) is 5.91 Å². The Kier molecular flexibility index (Phi) is 2.35. The summed E-state index contributed by atoms with van der Waals surface area (Å²) < 4.78 is 1.92. The summed E-state index contributed by atoms with van der Waals surface area (Å²) >= 11 is 0. The van der Waals surface area contributed by atoms with E-state index in [2.05, 4.69) is 15.2 Å². The summed E-state index contributed by atoms with van der Waals surface area (Å²) in [4.78, 5) is 18.9. The molecule has 1 N–H and O–H groups in total. The molecule has 1 amide bonds. The average Bonchev–Trinajstić information content (AvgIpc) is 3.13. The summed E-state index contributed by atoms with van der Waals surface area (Å²) in [6.07, 6.45) is 6.66. The van der Waals surface area contributed by atoms with Gasteiger partial charge in [0, 0.05) is 31.5 Å². The molecule has 2 aliphatic rings. The number of carbonyl (C=O) groups excluding carboxylic acids is 1. The van der Waals surface area contributed by atoms with Crippen molar-refractivity contribution in [1.82, 2.24) is 19.6 Å². The monoisotopic (exact) mass is 256 g/mol. The topological polar surface area (TPSA) is 49.6 Å². The van der Waals surface area contributed by atoms with Gasteiger partial charge in [0.15, 0.2) is 0 Å². The summed E-state index contributed by atoms with van der Waals surface area (Å²) in [6, 6.07) is 4.21. The van der Waals surface area contributed by atoms with Crippen LogP contribution in [0.3, 0.4) is 0 Å². The average molecular weight is 256 g/mol. The number of carbonyl (C=O) groups is 1. The molecule has 2 aromatic rings. The van der Waals surface area contributed by atoms with Gasteiger partial charge in [-0.05, 0) is 31.0 Å². The Morgan fingerprint density at radius 1 is 1.42 bits per heavy atom. The van der Waals surface area contributed by atoms with Crippen molar-refractivity contribution in [3.63, 3.8) is 0 Å². The third-order valence-corrected chi connectivity index (χ3v) is 4.29. The Labute approximate surface area is 111 Å². The molecule has 2 saturated heterocycles.